The first-order valence-electron chi connectivity index (χ1n) is 9.11. The number of anilines is 1. The molecule has 0 saturated carbocycles. The number of aryl methyl sites for hydroxylation is 1. The third-order valence-corrected chi connectivity index (χ3v) is 5.68. The van der Waals surface area contributed by atoms with E-state index in [1.807, 2.05) is 42.5 Å². The normalized spacial score (nSPS) is 16.8. The Hall–Kier alpha value is -2.04. The molecule has 1 atom stereocenters. The zero-order chi connectivity index (χ0) is 19.2. The molecule has 1 heterocycles. The smallest absolute Gasteiger partial charge is 0.229 e. The zero-order valence-electron chi connectivity index (χ0n) is 15.0. The summed E-state index contributed by atoms with van der Waals surface area (Å²) in [7, 11) is 0. The Morgan fingerprint density at radius 2 is 1.85 bits per heavy atom. The standard InChI is InChI=1S/C21H22Cl2N2O2/c22-18-10-4-6-15(20(18)23)11-12-19(26)25-13-5-7-16(14-25)21(27)24-17-8-2-1-3-9-17/h1-4,6,8-10,16H,5,7,11-14H2,(H,24,27). The van der Waals surface area contributed by atoms with Gasteiger partial charge in [-0.05, 0) is 43.0 Å². The summed E-state index contributed by atoms with van der Waals surface area (Å²) in [5.74, 6) is -0.169. The van der Waals surface area contributed by atoms with Gasteiger partial charge in [0.05, 0.1) is 16.0 Å². The van der Waals surface area contributed by atoms with Gasteiger partial charge >= 0.3 is 0 Å². The summed E-state index contributed by atoms with van der Waals surface area (Å²) >= 11 is 12.2. The lowest BCUT2D eigenvalue weighted by Crippen LogP contribution is -2.43. The number of likely N-dealkylation sites (tertiary alicyclic amines) is 1. The van der Waals surface area contributed by atoms with Crippen LogP contribution in [0.15, 0.2) is 48.5 Å². The van der Waals surface area contributed by atoms with Crippen LogP contribution >= 0.6 is 23.2 Å². The molecule has 142 valence electrons. The van der Waals surface area contributed by atoms with Crippen molar-refractivity contribution < 1.29 is 9.59 Å². The van der Waals surface area contributed by atoms with Crippen molar-refractivity contribution in [2.45, 2.75) is 25.7 Å². The highest BCUT2D eigenvalue weighted by molar-refractivity contribution is 6.42. The highest BCUT2D eigenvalue weighted by atomic mass is 35.5. The van der Waals surface area contributed by atoms with Crippen molar-refractivity contribution in [1.29, 1.82) is 0 Å². The molecule has 3 rings (SSSR count). The zero-order valence-corrected chi connectivity index (χ0v) is 16.5. The summed E-state index contributed by atoms with van der Waals surface area (Å²) in [6.07, 6.45) is 2.52. The van der Waals surface area contributed by atoms with Gasteiger partial charge in [0.2, 0.25) is 11.8 Å². The predicted octanol–water partition coefficient (Wildman–Crippen LogP) is 4.80. The molecule has 1 aliphatic heterocycles. The lowest BCUT2D eigenvalue weighted by atomic mass is 9.96. The van der Waals surface area contributed by atoms with E-state index in [0.29, 0.717) is 36.0 Å². The fraction of sp³-hybridized carbons (Fsp3) is 0.333. The van der Waals surface area contributed by atoms with Crippen molar-refractivity contribution in [3.05, 3.63) is 64.1 Å². The summed E-state index contributed by atoms with van der Waals surface area (Å²) in [5.41, 5.74) is 1.65. The van der Waals surface area contributed by atoms with E-state index < -0.39 is 0 Å². The largest absolute Gasteiger partial charge is 0.342 e. The molecule has 2 amide bonds. The number of rotatable bonds is 5. The highest BCUT2D eigenvalue weighted by Gasteiger charge is 2.28. The topological polar surface area (TPSA) is 49.4 Å². The van der Waals surface area contributed by atoms with Gasteiger partial charge in [-0.3, -0.25) is 9.59 Å². The van der Waals surface area contributed by atoms with Gasteiger partial charge in [0, 0.05) is 25.2 Å². The summed E-state index contributed by atoms with van der Waals surface area (Å²) < 4.78 is 0. The molecule has 0 radical (unpaired) electrons. The molecule has 1 aliphatic rings. The molecule has 1 saturated heterocycles. The van der Waals surface area contributed by atoms with E-state index >= 15 is 0 Å². The van der Waals surface area contributed by atoms with E-state index in [9.17, 15) is 9.59 Å². The number of carbonyl (C=O) groups excluding carboxylic acids is 2. The van der Waals surface area contributed by atoms with Gasteiger partial charge in [0.15, 0.2) is 0 Å². The number of hydrogen-bond donors (Lipinski definition) is 1. The van der Waals surface area contributed by atoms with Crippen LogP contribution < -0.4 is 5.32 Å². The molecule has 1 fully saturated rings. The molecular weight excluding hydrogens is 383 g/mol. The molecule has 0 spiro atoms. The lowest BCUT2D eigenvalue weighted by molar-refractivity contribution is -0.134. The summed E-state index contributed by atoms with van der Waals surface area (Å²) in [6.45, 7) is 1.15. The van der Waals surface area contributed by atoms with Crippen LogP contribution in [-0.2, 0) is 16.0 Å². The Bertz CT molecular complexity index is 811. The van der Waals surface area contributed by atoms with E-state index in [-0.39, 0.29) is 17.7 Å². The van der Waals surface area contributed by atoms with Crippen LogP contribution in [0, 0.1) is 5.92 Å². The van der Waals surface area contributed by atoms with E-state index in [1.165, 1.54) is 0 Å². The van der Waals surface area contributed by atoms with Crippen LogP contribution in [0.3, 0.4) is 0 Å². The van der Waals surface area contributed by atoms with Crippen LogP contribution in [0.2, 0.25) is 10.0 Å². The number of piperidine rings is 1. The highest BCUT2D eigenvalue weighted by Crippen LogP contribution is 2.27. The van der Waals surface area contributed by atoms with Crippen LogP contribution in [0.1, 0.15) is 24.8 Å². The van der Waals surface area contributed by atoms with Crippen LogP contribution in [0.25, 0.3) is 0 Å². The van der Waals surface area contributed by atoms with Crippen molar-refractivity contribution in [3.8, 4) is 0 Å². The van der Waals surface area contributed by atoms with Gasteiger partial charge in [-0.2, -0.15) is 0 Å². The second-order valence-electron chi connectivity index (χ2n) is 6.75. The first-order chi connectivity index (χ1) is 13.0. The third kappa shape index (κ3) is 5.24. The summed E-state index contributed by atoms with van der Waals surface area (Å²) in [5, 5.41) is 3.94. The third-order valence-electron chi connectivity index (χ3n) is 4.83. The van der Waals surface area contributed by atoms with Gasteiger partial charge in [-0.25, -0.2) is 0 Å². The van der Waals surface area contributed by atoms with E-state index in [4.69, 9.17) is 23.2 Å². The minimum atomic E-state index is -0.183. The number of para-hydroxylation sites is 1. The Labute approximate surface area is 169 Å². The molecule has 27 heavy (non-hydrogen) atoms. The second kappa shape index (κ2) is 9.25. The van der Waals surface area contributed by atoms with Gasteiger partial charge in [0.25, 0.3) is 0 Å². The number of nitrogens with one attached hydrogen (secondary N) is 1. The Morgan fingerprint density at radius 3 is 2.63 bits per heavy atom. The second-order valence-corrected chi connectivity index (χ2v) is 7.53. The molecule has 0 aromatic heterocycles. The minimum absolute atomic E-state index is 0.0309. The lowest BCUT2D eigenvalue weighted by Gasteiger charge is -2.32. The number of nitrogens with zero attached hydrogens (tertiary/aromatic N) is 1. The molecule has 1 unspecified atom stereocenters. The number of benzene rings is 2. The molecule has 2 aromatic rings. The number of amides is 2. The van der Waals surface area contributed by atoms with Crippen LogP contribution in [0.4, 0.5) is 5.69 Å². The van der Waals surface area contributed by atoms with E-state index in [1.54, 1.807) is 11.0 Å². The Balaban J connectivity index is 1.54. The fourth-order valence-corrected chi connectivity index (χ4v) is 3.74. The van der Waals surface area contributed by atoms with E-state index in [0.717, 1.165) is 24.1 Å². The van der Waals surface area contributed by atoms with Crippen molar-refractivity contribution >= 4 is 40.7 Å². The van der Waals surface area contributed by atoms with Gasteiger partial charge in [-0.15, -0.1) is 0 Å². The predicted molar refractivity (Wildman–Crippen MR) is 109 cm³/mol. The molecule has 6 heteroatoms. The van der Waals surface area contributed by atoms with Crippen LogP contribution in [0.5, 0.6) is 0 Å². The SMILES string of the molecule is O=C(Nc1ccccc1)C1CCCN(C(=O)CCc2cccc(Cl)c2Cl)C1. The fourth-order valence-electron chi connectivity index (χ4n) is 3.32. The van der Waals surface area contributed by atoms with Crippen molar-refractivity contribution in [2.24, 2.45) is 5.92 Å². The maximum absolute atomic E-state index is 12.6. The van der Waals surface area contributed by atoms with Crippen molar-refractivity contribution in [3.63, 3.8) is 0 Å². The first kappa shape index (κ1) is 19.7. The Morgan fingerprint density at radius 1 is 1.07 bits per heavy atom. The summed E-state index contributed by atoms with van der Waals surface area (Å²) in [4.78, 5) is 26.9. The molecular formula is C21H22Cl2N2O2. The Kier molecular flexibility index (Phi) is 6.75. The molecule has 0 bridgehead atoms. The summed E-state index contributed by atoms with van der Waals surface area (Å²) in [6, 6.07) is 14.8. The number of halogens is 2. The minimum Gasteiger partial charge on any atom is -0.342 e. The average molecular weight is 405 g/mol. The maximum atomic E-state index is 12.6. The average Bonchev–Trinajstić information content (AvgIpc) is 2.69. The molecule has 1 N–H and O–H groups in total. The van der Waals surface area contributed by atoms with Gasteiger partial charge in [0.1, 0.15) is 0 Å². The van der Waals surface area contributed by atoms with Crippen molar-refractivity contribution in [2.75, 3.05) is 18.4 Å². The first-order valence-corrected chi connectivity index (χ1v) is 9.87. The molecule has 4 nitrogen and oxygen atoms in total. The number of hydrogen-bond acceptors (Lipinski definition) is 2. The van der Waals surface area contributed by atoms with Crippen molar-refractivity contribution in [1.82, 2.24) is 4.90 Å². The maximum Gasteiger partial charge on any atom is 0.229 e. The molecule has 0 aliphatic carbocycles. The monoisotopic (exact) mass is 404 g/mol. The van der Waals surface area contributed by atoms with Gasteiger partial charge < -0.3 is 10.2 Å². The quantitative estimate of drug-likeness (QED) is 0.777. The van der Waals surface area contributed by atoms with E-state index in [2.05, 4.69) is 5.32 Å². The van der Waals surface area contributed by atoms with Gasteiger partial charge in [-0.1, -0.05) is 53.5 Å². The van der Waals surface area contributed by atoms with Crippen LogP contribution in [-0.4, -0.2) is 29.8 Å². The number of carbonyl (C=O) groups is 2. The molecule has 2 aromatic carbocycles.